The number of rotatable bonds is 5. The monoisotopic (exact) mass is 275 g/mol. The van der Waals surface area contributed by atoms with Crippen LogP contribution in [0.15, 0.2) is 42.5 Å². The van der Waals surface area contributed by atoms with Gasteiger partial charge in [0.25, 0.3) is 0 Å². The lowest BCUT2D eigenvalue weighted by molar-refractivity contribution is -0.117. The molecule has 0 bridgehead atoms. The lowest BCUT2D eigenvalue weighted by Gasteiger charge is -2.22. The van der Waals surface area contributed by atoms with E-state index in [-0.39, 0.29) is 5.91 Å². The summed E-state index contributed by atoms with van der Waals surface area (Å²) in [5, 5.41) is 0. The minimum absolute atomic E-state index is 0.130. The summed E-state index contributed by atoms with van der Waals surface area (Å²) in [6.07, 6.45) is 4.69. The molecule has 0 saturated carbocycles. The van der Waals surface area contributed by atoms with Gasteiger partial charge in [-0.15, -0.1) is 0 Å². The van der Waals surface area contributed by atoms with E-state index in [1.54, 1.807) is 4.90 Å². The van der Waals surface area contributed by atoms with Crippen molar-refractivity contribution in [2.75, 3.05) is 11.9 Å². The van der Waals surface area contributed by atoms with Crippen LogP contribution in [0, 0.1) is 0 Å². The van der Waals surface area contributed by atoms with Gasteiger partial charge >= 0.3 is 0 Å². The Hall–Kier alpha value is -1.35. The Balaban J connectivity index is 2.55. The molecule has 0 saturated heterocycles. The van der Waals surface area contributed by atoms with Gasteiger partial charge in [-0.2, -0.15) is 0 Å². The molecule has 0 aliphatic carbocycles. The number of anilines is 1. The zero-order valence-corrected chi connectivity index (χ0v) is 13.7. The van der Waals surface area contributed by atoms with Crippen LogP contribution in [0.2, 0.25) is 25.2 Å². The molecule has 0 aromatic heterocycles. The number of carbonyl (C=O) groups is 1. The Morgan fingerprint density at radius 2 is 1.84 bits per heavy atom. The first-order valence-electron chi connectivity index (χ1n) is 6.80. The molecular weight excluding hydrogens is 250 g/mol. The summed E-state index contributed by atoms with van der Waals surface area (Å²) < 4.78 is 0. The number of hydrogen-bond donors (Lipinski definition) is 0. The normalized spacial score (nSPS) is 13.5. The van der Waals surface area contributed by atoms with Crippen molar-refractivity contribution in [3.05, 3.63) is 42.5 Å². The van der Waals surface area contributed by atoms with E-state index in [0.717, 1.165) is 5.69 Å². The van der Waals surface area contributed by atoms with E-state index in [1.807, 2.05) is 43.5 Å². The van der Waals surface area contributed by atoms with Gasteiger partial charge in [0.2, 0.25) is 5.91 Å². The van der Waals surface area contributed by atoms with Gasteiger partial charge in [0, 0.05) is 19.2 Å². The summed E-state index contributed by atoms with van der Waals surface area (Å²) in [5.41, 5.74) is 1.54. The number of amides is 1. The number of allylic oxidation sites excluding steroid dienone is 1. The van der Waals surface area contributed by atoms with Crippen molar-refractivity contribution < 1.29 is 4.79 Å². The highest BCUT2D eigenvalue weighted by atomic mass is 28.3. The molecule has 3 heteroatoms. The number of hydrogen-bond acceptors (Lipinski definition) is 1. The topological polar surface area (TPSA) is 20.3 Å². The Bertz CT molecular complexity index is 434. The lowest BCUT2D eigenvalue weighted by atomic mass is 10.2. The molecular formula is C16H25NOSi. The van der Waals surface area contributed by atoms with Gasteiger partial charge in [0.05, 0.1) is 8.07 Å². The summed E-state index contributed by atoms with van der Waals surface area (Å²) in [4.78, 5) is 13.8. The highest BCUT2D eigenvalue weighted by Crippen LogP contribution is 2.22. The maximum atomic E-state index is 12.1. The van der Waals surface area contributed by atoms with E-state index in [4.69, 9.17) is 0 Å². The molecule has 2 nitrogen and oxygen atoms in total. The van der Waals surface area contributed by atoms with Gasteiger partial charge in [-0.25, -0.2) is 0 Å². The van der Waals surface area contributed by atoms with Crippen LogP contribution in [0.25, 0.3) is 0 Å². The van der Waals surface area contributed by atoms with Crippen LogP contribution in [0.1, 0.15) is 13.3 Å². The summed E-state index contributed by atoms with van der Waals surface area (Å²) >= 11 is 0. The van der Waals surface area contributed by atoms with Crippen LogP contribution in [0.4, 0.5) is 5.69 Å². The maximum absolute atomic E-state index is 12.1. The molecule has 1 rings (SSSR count). The third kappa shape index (κ3) is 5.03. The third-order valence-electron chi connectivity index (χ3n) is 3.60. The second-order valence-electron chi connectivity index (χ2n) is 6.08. The summed E-state index contributed by atoms with van der Waals surface area (Å²) in [7, 11) is 0.691. The van der Waals surface area contributed by atoms with Crippen molar-refractivity contribution in [1.29, 1.82) is 0 Å². The molecule has 0 spiro atoms. The Kier molecular flexibility index (Phi) is 5.55. The predicted molar refractivity (Wildman–Crippen MR) is 86.4 cm³/mol. The van der Waals surface area contributed by atoms with Gasteiger partial charge in [-0.3, -0.25) is 4.79 Å². The molecule has 1 aromatic rings. The van der Waals surface area contributed by atoms with Crippen molar-refractivity contribution in [2.45, 2.75) is 38.5 Å². The van der Waals surface area contributed by atoms with Gasteiger partial charge in [0.15, 0.2) is 0 Å². The minimum atomic E-state index is -1.14. The first-order chi connectivity index (χ1) is 8.82. The quantitative estimate of drug-likeness (QED) is 0.579. The fraction of sp³-hybridized carbons (Fsp3) is 0.438. The molecule has 0 radical (unpaired) electrons. The molecule has 1 unspecified atom stereocenters. The number of para-hydroxylation sites is 1. The molecule has 104 valence electrons. The third-order valence-corrected chi connectivity index (χ3v) is 6.53. The molecule has 0 aliphatic rings. The van der Waals surface area contributed by atoms with Crippen LogP contribution in [-0.2, 0) is 4.79 Å². The fourth-order valence-electron chi connectivity index (χ4n) is 1.59. The van der Waals surface area contributed by atoms with E-state index >= 15 is 0 Å². The maximum Gasteiger partial charge on any atom is 0.230 e. The second kappa shape index (κ2) is 6.71. The molecule has 0 fully saturated rings. The Labute approximate surface area is 118 Å². The van der Waals surface area contributed by atoms with E-state index in [1.165, 1.54) is 0 Å². The first-order valence-corrected chi connectivity index (χ1v) is 10.4. The summed E-state index contributed by atoms with van der Waals surface area (Å²) in [6, 6.07) is 9.75. The predicted octanol–water partition coefficient (Wildman–Crippen LogP) is 4.32. The van der Waals surface area contributed by atoms with Crippen LogP contribution in [0.3, 0.4) is 0 Å². The molecule has 19 heavy (non-hydrogen) atoms. The minimum Gasteiger partial charge on any atom is -0.315 e. The van der Waals surface area contributed by atoms with Crippen LogP contribution < -0.4 is 4.90 Å². The van der Waals surface area contributed by atoms with E-state index < -0.39 is 8.07 Å². The smallest absolute Gasteiger partial charge is 0.230 e. The second-order valence-corrected chi connectivity index (χ2v) is 11.7. The zero-order chi connectivity index (χ0) is 14.5. The van der Waals surface area contributed by atoms with Crippen molar-refractivity contribution in [3.63, 3.8) is 0 Å². The van der Waals surface area contributed by atoms with Crippen molar-refractivity contribution in [1.82, 2.24) is 0 Å². The number of benzene rings is 1. The summed E-state index contributed by atoms with van der Waals surface area (Å²) in [6.45, 7) is 9.29. The molecule has 1 atom stereocenters. The van der Waals surface area contributed by atoms with Crippen LogP contribution in [0.5, 0.6) is 0 Å². The standard InChI is InChI=1S/C16H25NOSi/c1-14(19(3,4)5)10-9-13-16(18)17(2)15-11-7-6-8-12-15/h6-12,14H,13H2,1-5H3. The van der Waals surface area contributed by atoms with E-state index in [0.29, 0.717) is 12.0 Å². The zero-order valence-electron chi connectivity index (χ0n) is 12.7. The fourth-order valence-corrected chi connectivity index (χ4v) is 2.31. The van der Waals surface area contributed by atoms with Gasteiger partial charge in [-0.05, 0) is 17.7 Å². The number of carbonyl (C=O) groups excluding carboxylic acids is 1. The largest absolute Gasteiger partial charge is 0.315 e. The molecule has 0 aliphatic heterocycles. The van der Waals surface area contributed by atoms with Gasteiger partial charge in [-0.1, -0.05) is 56.9 Å². The first kappa shape index (κ1) is 15.7. The molecule has 1 amide bonds. The van der Waals surface area contributed by atoms with Crippen molar-refractivity contribution >= 4 is 19.7 Å². The van der Waals surface area contributed by atoms with Crippen molar-refractivity contribution in [2.24, 2.45) is 0 Å². The SMILES string of the molecule is CC(C=CCC(=O)N(C)c1ccccc1)[Si](C)(C)C. The van der Waals surface area contributed by atoms with Crippen LogP contribution in [-0.4, -0.2) is 21.0 Å². The van der Waals surface area contributed by atoms with Gasteiger partial charge < -0.3 is 4.90 Å². The Morgan fingerprint density at radius 1 is 1.26 bits per heavy atom. The van der Waals surface area contributed by atoms with E-state index in [2.05, 4.69) is 32.6 Å². The highest BCUT2D eigenvalue weighted by molar-refractivity contribution is 6.77. The van der Waals surface area contributed by atoms with E-state index in [9.17, 15) is 4.79 Å². The van der Waals surface area contributed by atoms with Gasteiger partial charge in [0.1, 0.15) is 0 Å². The molecule has 0 heterocycles. The molecule has 0 N–H and O–H groups in total. The van der Waals surface area contributed by atoms with Crippen molar-refractivity contribution in [3.8, 4) is 0 Å². The summed E-state index contributed by atoms with van der Waals surface area (Å²) in [5.74, 6) is 0.130. The number of nitrogens with zero attached hydrogens (tertiary/aromatic N) is 1. The average molecular weight is 275 g/mol. The highest BCUT2D eigenvalue weighted by Gasteiger charge is 2.19. The van der Waals surface area contributed by atoms with Crippen LogP contribution >= 0.6 is 0 Å². The molecule has 1 aromatic carbocycles. The Morgan fingerprint density at radius 3 is 2.37 bits per heavy atom. The lowest BCUT2D eigenvalue weighted by Crippen LogP contribution is -2.26. The average Bonchev–Trinajstić information content (AvgIpc) is 2.37.